The molecule has 5 rings (SSSR count). The Hall–Kier alpha value is -5.97. The molecule has 1 aliphatic rings. The van der Waals surface area contributed by atoms with Crippen LogP contribution in [0.3, 0.4) is 0 Å². The maximum atomic E-state index is 14.2. The van der Waals surface area contributed by atoms with Gasteiger partial charge in [0.25, 0.3) is 0 Å². The first kappa shape index (κ1) is 43.2. The number of fused-ring (bicyclic) bond motifs is 1. The van der Waals surface area contributed by atoms with Crippen molar-refractivity contribution in [1.29, 1.82) is 0 Å². The Labute approximate surface area is 336 Å². The van der Waals surface area contributed by atoms with Crippen molar-refractivity contribution in [2.75, 3.05) is 33.3 Å². The zero-order valence-corrected chi connectivity index (χ0v) is 33.8. The molecule has 4 aromatic rings. The van der Waals surface area contributed by atoms with Crippen LogP contribution in [-0.4, -0.2) is 90.9 Å². The van der Waals surface area contributed by atoms with E-state index in [0.717, 1.165) is 6.26 Å². The summed E-state index contributed by atoms with van der Waals surface area (Å²) in [5.41, 5.74) is 0.436. The average Bonchev–Trinajstić information content (AvgIpc) is 3.68. The van der Waals surface area contributed by atoms with Gasteiger partial charge < -0.3 is 39.0 Å². The first-order valence-electron chi connectivity index (χ1n) is 18.7. The zero-order chi connectivity index (χ0) is 42.0. The number of aromatic nitrogens is 3. The smallest absolute Gasteiger partial charge is 0.342 e. The Morgan fingerprint density at radius 2 is 1.76 bits per heavy atom. The molecule has 1 aliphatic heterocycles. The highest BCUT2D eigenvalue weighted by atomic mass is 32.2. The van der Waals surface area contributed by atoms with Gasteiger partial charge in [-0.25, -0.2) is 13.2 Å². The summed E-state index contributed by atoms with van der Waals surface area (Å²) in [4.78, 5) is 49.0. The van der Waals surface area contributed by atoms with Gasteiger partial charge in [-0.2, -0.15) is 4.98 Å². The van der Waals surface area contributed by atoms with Crippen LogP contribution in [0.15, 0.2) is 53.2 Å². The molecule has 3 heterocycles. The van der Waals surface area contributed by atoms with Crippen LogP contribution in [0.4, 0.5) is 0 Å². The number of rotatable bonds is 13. The molecule has 58 heavy (non-hydrogen) atoms. The molecule has 16 nitrogen and oxygen atoms in total. The van der Waals surface area contributed by atoms with Gasteiger partial charge >= 0.3 is 5.97 Å². The molecule has 0 radical (unpaired) electrons. The molecule has 0 saturated heterocycles. The molecule has 2 aromatic carbocycles. The predicted molar refractivity (Wildman–Crippen MR) is 212 cm³/mol. The summed E-state index contributed by atoms with van der Waals surface area (Å²) in [6.45, 7) is 1.69. The van der Waals surface area contributed by atoms with Crippen LogP contribution < -0.4 is 19.5 Å². The number of sulfone groups is 1. The van der Waals surface area contributed by atoms with Crippen molar-refractivity contribution in [3.05, 3.63) is 76.8 Å². The summed E-state index contributed by atoms with van der Waals surface area (Å²) < 4.78 is 52.5. The molecule has 0 saturated carbocycles. The highest BCUT2D eigenvalue weighted by Crippen LogP contribution is 2.48. The number of carbonyl (C=O) groups excluding carboxylic acids is 3. The van der Waals surface area contributed by atoms with E-state index in [1.807, 2.05) is 0 Å². The van der Waals surface area contributed by atoms with E-state index >= 15 is 0 Å². The number of nitrogens with one attached hydrogen (secondary N) is 1. The Kier molecular flexibility index (Phi) is 14.5. The van der Waals surface area contributed by atoms with E-state index in [2.05, 4.69) is 20.4 Å². The molecular formula is C41H48N4O12S. The number of nitrogens with zero attached hydrogens (tertiary/aromatic N) is 3. The number of hydrogen-bond donors (Lipinski definition) is 3. The van der Waals surface area contributed by atoms with Crippen molar-refractivity contribution in [2.24, 2.45) is 0 Å². The van der Waals surface area contributed by atoms with E-state index < -0.39 is 57.7 Å². The summed E-state index contributed by atoms with van der Waals surface area (Å²) in [6.07, 6.45) is 7.44. The SMILES string of the molecule is COc1cc(C(CC(=O)NC(CCS(C)(=O)=O)c2nc(-c3ccccn3)no2)c2c(O)cc3c(c2O)C(=O)O[C@@H](C)CCCC(=O)CCCC=C3)cc(OC)c1OC. The first-order valence-corrected chi connectivity index (χ1v) is 20.8. The van der Waals surface area contributed by atoms with Gasteiger partial charge in [0.2, 0.25) is 23.4 Å². The molecule has 0 bridgehead atoms. The fraction of sp³-hybridized carbons (Fsp3) is 0.415. The van der Waals surface area contributed by atoms with Gasteiger partial charge in [0.1, 0.15) is 44.4 Å². The lowest BCUT2D eigenvalue weighted by Gasteiger charge is -2.25. The van der Waals surface area contributed by atoms with E-state index in [4.69, 9.17) is 23.5 Å². The van der Waals surface area contributed by atoms with Crippen LogP contribution >= 0.6 is 0 Å². The number of Topliss-reactive ketones (excluding diaryl/α,β-unsaturated/α-hetero) is 1. The second kappa shape index (κ2) is 19.5. The number of cyclic esters (lactones) is 1. The van der Waals surface area contributed by atoms with Crippen LogP contribution in [-0.2, 0) is 24.2 Å². The third-order valence-corrected chi connectivity index (χ3v) is 10.6. The van der Waals surface area contributed by atoms with Crippen LogP contribution in [0.2, 0.25) is 0 Å². The first-order chi connectivity index (χ1) is 27.7. The van der Waals surface area contributed by atoms with E-state index in [-0.39, 0.29) is 63.6 Å². The molecule has 0 aliphatic carbocycles. The molecule has 310 valence electrons. The van der Waals surface area contributed by atoms with E-state index in [9.17, 15) is 33.0 Å². The predicted octanol–water partition coefficient (Wildman–Crippen LogP) is 5.86. The summed E-state index contributed by atoms with van der Waals surface area (Å²) in [7, 11) is 0.709. The van der Waals surface area contributed by atoms with Crippen LogP contribution in [0.5, 0.6) is 28.7 Å². The van der Waals surface area contributed by atoms with Crippen molar-refractivity contribution in [3.63, 3.8) is 0 Å². The largest absolute Gasteiger partial charge is 0.507 e. The number of phenolic OH excluding ortho intramolecular Hbond substituents is 2. The van der Waals surface area contributed by atoms with Gasteiger partial charge in [0, 0.05) is 43.2 Å². The molecule has 3 N–H and O–H groups in total. The Bertz CT molecular complexity index is 2220. The molecule has 1 amide bonds. The lowest BCUT2D eigenvalue weighted by molar-refractivity contribution is -0.122. The number of allylic oxidation sites excluding steroid dienone is 1. The van der Waals surface area contributed by atoms with E-state index in [0.29, 0.717) is 49.8 Å². The number of ether oxygens (including phenoxy) is 4. The number of aromatic hydroxyl groups is 2. The van der Waals surface area contributed by atoms with Crippen molar-refractivity contribution >= 4 is 33.6 Å². The number of carbonyl (C=O) groups is 3. The minimum atomic E-state index is -3.51. The molecule has 0 fully saturated rings. The Balaban J connectivity index is 1.62. The number of benzene rings is 2. The maximum Gasteiger partial charge on any atom is 0.342 e. The second-order valence-electron chi connectivity index (χ2n) is 14.0. The fourth-order valence-electron chi connectivity index (χ4n) is 6.71. The number of hydrogen-bond acceptors (Lipinski definition) is 15. The fourth-order valence-corrected chi connectivity index (χ4v) is 7.38. The Morgan fingerprint density at radius 1 is 1.03 bits per heavy atom. The normalized spacial score (nSPS) is 16.3. The van der Waals surface area contributed by atoms with Crippen molar-refractivity contribution in [2.45, 2.75) is 76.4 Å². The summed E-state index contributed by atoms with van der Waals surface area (Å²) in [5.74, 6) is -3.37. The summed E-state index contributed by atoms with van der Waals surface area (Å²) in [5, 5.41) is 30.6. The van der Waals surface area contributed by atoms with Crippen LogP contribution in [0.1, 0.15) is 103 Å². The minimum Gasteiger partial charge on any atom is -0.507 e. The van der Waals surface area contributed by atoms with Crippen LogP contribution in [0, 0.1) is 0 Å². The zero-order valence-electron chi connectivity index (χ0n) is 33.0. The van der Waals surface area contributed by atoms with Gasteiger partial charge in [-0.1, -0.05) is 23.4 Å². The van der Waals surface area contributed by atoms with Crippen LogP contribution in [0.25, 0.3) is 17.6 Å². The third-order valence-electron chi connectivity index (χ3n) is 9.62. The van der Waals surface area contributed by atoms with Gasteiger partial charge in [-0.3, -0.25) is 14.6 Å². The van der Waals surface area contributed by atoms with Gasteiger partial charge in [0.15, 0.2) is 11.5 Å². The quantitative estimate of drug-likeness (QED) is 0.134. The van der Waals surface area contributed by atoms with E-state index in [1.54, 1.807) is 55.6 Å². The average molecular weight is 821 g/mol. The topological polar surface area (TPSA) is 227 Å². The summed E-state index contributed by atoms with van der Waals surface area (Å²) >= 11 is 0. The monoisotopic (exact) mass is 820 g/mol. The number of esters is 1. The molecule has 3 atom stereocenters. The standard InChI is InChI=1S/C41H48N4O12S/c1-24-12-11-15-27(46)14-8-6-7-13-25-20-31(47)36(37(49)35(25)41(50)56-24)28(26-21-32(53-2)38(55-4)33(22-26)54-3)23-34(48)43-30(17-19-58(5,51)52)40-44-39(45-57-40)29-16-9-10-18-42-29/h7,9-10,13,16,18,20-22,24,28,30,47,49H,6,8,11-12,14-15,17,19,23H2,1-5H3,(H,43,48)/t24-,28?,30?/m0/s1. The highest BCUT2D eigenvalue weighted by Gasteiger charge is 2.33. The van der Waals surface area contributed by atoms with Crippen molar-refractivity contribution in [3.8, 4) is 40.3 Å². The number of ketones is 1. The number of phenols is 2. The molecule has 0 spiro atoms. The second-order valence-corrected chi connectivity index (χ2v) is 16.2. The number of pyridine rings is 1. The Morgan fingerprint density at radius 3 is 2.41 bits per heavy atom. The molecule has 17 heteroatoms. The van der Waals surface area contributed by atoms with Gasteiger partial charge in [0.05, 0.1) is 33.2 Å². The minimum absolute atomic E-state index is 0.0768. The van der Waals surface area contributed by atoms with Crippen molar-refractivity contribution in [1.82, 2.24) is 20.4 Å². The van der Waals surface area contributed by atoms with Crippen molar-refractivity contribution < 1.29 is 56.5 Å². The maximum absolute atomic E-state index is 14.2. The van der Waals surface area contributed by atoms with Gasteiger partial charge in [-0.15, -0.1) is 0 Å². The molecule has 2 aromatic heterocycles. The van der Waals surface area contributed by atoms with E-state index in [1.165, 1.54) is 27.4 Å². The molecular weight excluding hydrogens is 773 g/mol. The number of amides is 1. The highest BCUT2D eigenvalue weighted by molar-refractivity contribution is 7.90. The summed E-state index contributed by atoms with van der Waals surface area (Å²) in [6, 6.07) is 8.41. The lowest BCUT2D eigenvalue weighted by Crippen LogP contribution is -2.31. The van der Waals surface area contributed by atoms with Gasteiger partial charge in [-0.05, 0) is 80.5 Å². The number of methoxy groups -OCH3 is 3. The third kappa shape index (κ3) is 10.9. The molecule has 2 unspecified atom stereocenters. The lowest BCUT2D eigenvalue weighted by atomic mass is 9.84.